The van der Waals surface area contributed by atoms with Crippen molar-refractivity contribution in [2.24, 2.45) is 0 Å². The molecule has 1 aromatic heterocycles. The fraction of sp³-hybridized carbons (Fsp3) is 0.522. The predicted octanol–water partition coefficient (Wildman–Crippen LogP) is -0.829. The third-order valence-electron chi connectivity index (χ3n) is 5.49. The monoisotopic (exact) mass is 567 g/mol. The Morgan fingerprint density at radius 3 is 2.38 bits per heavy atom. The molecule has 7 N–H and O–H groups in total. The van der Waals surface area contributed by atoms with Gasteiger partial charge in [0.15, 0.2) is 0 Å². The highest BCUT2D eigenvalue weighted by Crippen LogP contribution is 2.35. The average Bonchev–Trinajstić information content (AvgIpc) is 2.82. The van der Waals surface area contributed by atoms with Crippen LogP contribution >= 0.6 is 0 Å². The Bertz CT molecular complexity index is 1210. The molecule has 1 aromatic carbocycles. The number of carboxylic acids is 1. The Morgan fingerprint density at radius 2 is 1.85 bits per heavy atom. The fourth-order valence-electron chi connectivity index (χ4n) is 3.79. The molecule has 2 aromatic rings. The number of aliphatic hydroxyl groups is 5. The summed E-state index contributed by atoms with van der Waals surface area (Å²) in [5.41, 5.74) is 0.0709. The van der Waals surface area contributed by atoms with E-state index in [1.807, 2.05) is 0 Å². The first-order valence-corrected chi connectivity index (χ1v) is 11.3. The topological polar surface area (TPSA) is 216 Å². The minimum atomic E-state index is -4.00. The largest absolute Gasteiger partial charge is 0.476 e. The summed E-state index contributed by atoms with van der Waals surface area (Å²) in [6.45, 7) is -0.0515. The molecular formula is C23H28F3NO12. The molecule has 1 saturated heterocycles. The van der Waals surface area contributed by atoms with Gasteiger partial charge in [0.25, 0.3) is 0 Å². The van der Waals surface area contributed by atoms with E-state index in [1.165, 1.54) is 24.3 Å². The highest BCUT2D eigenvalue weighted by molar-refractivity contribution is 5.82. The van der Waals surface area contributed by atoms with E-state index >= 15 is 0 Å². The minimum Gasteiger partial charge on any atom is -0.476 e. The Balaban J connectivity index is 0.000000976. The lowest BCUT2D eigenvalue weighted by atomic mass is 9.88. The number of halogens is 3. The van der Waals surface area contributed by atoms with E-state index in [9.17, 15) is 53.1 Å². The van der Waals surface area contributed by atoms with Crippen molar-refractivity contribution in [1.29, 1.82) is 0 Å². The average molecular weight is 567 g/mol. The molecule has 0 spiro atoms. The molecule has 0 saturated carbocycles. The van der Waals surface area contributed by atoms with Gasteiger partial charge in [0, 0.05) is 24.4 Å². The number of hydrogen-bond donors (Lipinski definition) is 7. The summed E-state index contributed by atoms with van der Waals surface area (Å²) in [5, 5.41) is 61.9. The molecule has 1 amide bonds. The van der Waals surface area contributed by atoms with Crippen LogP contribution in [0.15, 0.2) is 33.5 Å². The zero-order chi connectivity index (χ0) is 29.7. The Labute approximate surface area is 218 Å². The normalized spacial score (nSPS) is 24.7. The first kappa shape index (κ1) is 31.9. The number of rotatable bonds is 8. The highest BCUT2D eigenvalue weighted by Gasteiger charge is 2.56. The molecule has 0 radical (unpaired) electrons. The lowest BCUT2D eigenvalue weighted by Gasteiger charge is -2.46. The number of carbonyl (C=O) groups excluding carboxylic acids is 1. The smallest absolute Gasteiger partial charge is 0.386 e. The van der Waals surface area contributed by atoms with Crippen LogP contribution in [0.4, 0.5) is 13.2 Å². The number of alkyl halides is 3. The zero-order valence-electron chi connectivity index (χ0n) is 20.6. The summed E-state index contributed by atoms with van der Waals surface area (Å²) >= 11 is 0. The van der Waals surface area contributed by atoms with Crippen LogP contribution in [0.25, 0.3) is 11.0 Å². The molecule has 39 heavy (non-hydrogen) atoms. The SMILES string of the molecule is CC(F)(F)F.Cc1cc(=O)oc2cc(OC3(C(=O)O)C[C@H](O)[C@@H](NC(=O)CO)[C@H]([C@H](O)[C@H](O)CO)O3)ccc12. The second kappa shape index (κ2) is 12.7. The van der Waals surface area contributed by atoms with Crippen molar-refractivity contribution >= 4 is 22.8 Å². The Morgan fingerprint density at radius 1 is 1.23 bits per heavy atom. The first-order valence-electron chi connectivity index (χ1n) is 11.3. The molecular weight excluding hydrogens is 539 g/mol. The molecule has 3 rings (SSSR count). The van der Waals surface area contributed by atoms with Crippen LogP contribution in [-0.2, 0) is 14.3 Å². The van der Waals surface area contributed by atoms with Gasteiger partial charge in [0.05, 0.1) is 25.2 Å². The molecule has 1 fully saturated rings. The van der Waals surface area contributed by atoms with Crippen LogP contribution in [0.5, 0.6) is 5.75 Å². The number of benzene rings is 1. The number of hydrogen-bond acceptors (Lipinski definition) is 11. The third-order valence-corrected chi connectivity index (χ3v) is 5.49. The quantitative estimate of drug-likeness (QED) is 0.195. The van der Waals surface area contributed by atoms with Crippen molar-refractivity contribution in [3.05, 3.63) is 40.2 Å². The van der Waals surface area contributed by atoms with E-state index in [1.54, 1.807) is 6.92 Å². The zero-order valence-corrected chi connectivity index (χ0v) is 20.6. The fourth-order valence-corrected chi connectivity index (χ4v) is 3.79. The molecule has 13 nitrogen and oxygen atoms in total. The van der Waals surface area contributed by atoms with E-state index in [2.05, 4.69) is 5.32 Å². The summed E-state index contributed by atoms with van der Waals surface area (Å²) in [5.74, 6) is -5.41. The van der Waals surface area contributed by atoms with E-state index in [4.69, 9.17) is 19.0 Å². The molecule has 0 bridgehead atoms. The van der Waals surface area contributed by atoms with Gasteiger partial charge in [-0.25, -0.2) is 9.59 Å². The van der Waals surface area contributed by atoms with Crippen molar-refractivity contribution in [3.8, 4) is 5.75 Å². The molecule has 1 aliphatic heterocycles. The minimum absolute atomic E-state index is 0.0970. The van der Waals surface area contributed by atoms with Gasteiger partial charge in [0.1, 0.15) is 36.3 Å². The molecule has 16 heteroatoms. The summed E-state index contributed by atoms with van der Waals surface area (Å²) < 4.78 is 47.3. The van der Waals surface area contributed by atoms with Gasteiger partial charge in [-0.05, 0) is 24.6 Å². The van der Waals surface area contributed by atoms with Crippen LogP contribution in [0.2, 0.25) is 0 Å². The second-order valence-electron chi connectivity index (χ2n) is 8.69. The van der Waals surface area contributed by atoms with Crippen LogP contribution in [0.1, 0.15) is 18.9 Å². The maximum absolute atomic E-state index is 12.2. The number of carbonyl (C=O) groups is 2. The van der Waals surface area contributed by atoms with Gasteiger partial charge in [-0.2, -0.15) is 13.2 Å². The van der Waals surface area contributed by atoms with Gasteiger partial charge in [-0.1, -0.05) is 0 Å². The van der Waals surface area contributed by atoms with Crippen LogP contribution in [0, 0.1) is 6.92 Å². The summed E-state index contributed by atoms with van der Waals surface area (Å²) in [7, 11) is 0. The number of aliphatic hydroxyl groups excluding tert-OH is 5. The predicted molar refractivity (Wildman–Crippen MR) is 124 cm³/mol. The van der Waals surface area contributed by atoms with Crippen molar-refractivity contribution in [2.45, 2.75) is 62.7 Å². The summed E-state index contributed by atoms with van der Waals surface area (Å²) in [4.78, 5) is 35.6. The Kier molecular flexibility index (Phi) is 10.4. The van der Waals surface area contributed by atoms with Gasteiger partial charge >= 0.3 is 23.6 Å². The van der Waals surface area contributed by atoms with Crippen LogP contribution < -0.4 is 15.7 Å². The third kappa shape index (κ3) is 8.35. The van der Waals surface area contributed by atoms with E-state index in [-0.39, 0.29) is 18.3 Å². The van der Waals surface area contributed by atoms with Gasteiger partial charge in [-0.15, -0.1) is 0 Å². The lowest BCUT2D eigenvalue weighted by Crippen LogP contribution is -2.69. The molecule has 2 heterocycles. The van der Waals surface area contributed by atoms with Crippen LogP contribution in [0.3, 0.4) is 0 Å². The molecule has 1 aliphatic rings. The molecule has 218 valence electrons. The van der Waals surface area contributed by atoms with Crippen molar-refractivity contribution in [1.82, 2.24) is 5.32 Å². The first-order chi connectivity index (χ1) is 18.0. The highest BCUT2D eigenvalue weighted by atomic mass is 19.4. The van der Waals surface area contributed by atoms with Gasteiger partial charge < -0.3 is 49.8 Å². The standard InChI is InChI=1S/C21H25NO12.C2H3F3/c1-9-4-16(28)32-14-5-10(2-3-11(9)14)33-21(20(30)31)6-12(25)17(22-15(27)8-24)19(34-21)18(29)13(26)7-23;1-2(3,4)5/h2-5,12-13,17-19,23-26,29H,6-8H2,1H3,(H,22,27)(H,30,31);1H3/t12-,13+,17+,18+,19+,21?;/m0./s1. The Hall–Kier alpha value is -3.28. The lowest BCUT2D eigenvalue weighted by molar-refractivity contribution is -0.284. The molecule has 6 atom stereocenters. The molecule has 1 unspecified atom stereocenters. The van der Waals surface area contributed by atoms with Crippen molar-refractivity contribution < 1.29 is 67.3 Å². The maximum atomic E-state index is 12.2. The van der Waals surface area contributed by atoms with Crippen molar-refractivity contribution in [3.63, 3.8) is 0 Å². The second-order valence-corrected chi connectivity index (χ2v) is 8.69. The van der Waals surface area contributed by atoms with E-state index in [0.29, 0.717) is 10.9 Å². The van der Waals surface area contributed by atoms with E-state index < -0.39 is 79.6 Å². The number of aryl methyl sites for hydroxylation is 1. The van der Waals surface area contributed by atoms with Crippen molar-refractivity contribution in [2.75, 3.05) is 13.2 Å². The summed E-state index contributed by atoms with van der Waals surface area (Å²) in [6, 6.07) is 3.95. The number of carboxylic acid groups (broad SMARTS) is 1. The number of nitrogens with one attached hydrogen (secondary N) is 1. The van der Waals surface area contributed by atoms with Crippen LogP contribution in [-0.4, -0.2) is 98.2 Å². The summed E-state index contributed by atoms with van der Waals surface area (Å²) in [6.07, 6.45) is -12.0. The maximum Gasteiger partial charge on any atom is 0.386 e. The molecule has 0 aliphatic carbocycles. The number of amides is 1. The van der Waals surface area contributed by atoms with E-state index in [0.717, 1.165) is 0 Å². The number of aliphatic carboxylic acids is 1. The number of fused-ring (bicyclic) bond motifs is 1. The number of ether oxygens (including phenoxy) is 2. The van der Waals surface area contributed by atoms with Gasteiger partial charge in [-0.3, -0.25) is 4.79 Å². The van der Waals surface area contributed by atoms with Gasteiger partial charge in [0.2, 0.25) is 5.91 Å².